The molecule has 0 saturated heterocycles. The normalized spacial score (nSPS) is 23.5. The molecule has 2 N–H and O–H groups in total. The number of hydrogen-bond donors (Lipinski definition) is 2. The van der Waals surface area contributed by atoms with E-state index in [9.17, 15) is 27.1 Å². The topological polar surface area (TPSA) is 32.3 Å². The molecular formula is C12H12F5NO. The Morgan fingerprint density at radius 3 is 1.79 bits per heavy atom. The van der Waals surface area contributed by atoms with Crippen LogP contribution in [0.2, 0.25) is 0 Å². The molecule has 1 aromatic rings. The van der Waals surface area contributed by atoms with Crippen LogP contribution in [0.5, 0.6) is 0 Å². The molecule has 0 aromatic heterocycles. The summed E-state index contributed by atoms with van der Waals surface area (Å²) in [5.74, 6) is -9.99. The molecular weight excluding hydrogens is 269 g/mol. The molecule has 1 aliphatic carbocycles. The van der Waals surface area contributed by atoms with Crippen molar-refractivity contribution in [2.24, 2.45) is 0 Å². The molecule has 2 atom stereocenters. The standard InChI is InChI=1S/C12H12F5NO/c13-7-8(14)10(16)12(11(17)9(7)15)18-5-3-1-2-4-6(5)19/h5-6,18-19H,1-4H2/t5-,6-/m0/s1. The van der Waals surface area contributed by atoms with Crippen molar-refractivity contribution in [3.05, 3.63) is 29.1 Å². The lowest BCUT2D eigenvalue weighted by Gasteiger charge is -2.29. The monoisotopic (exact) mass is 281 g/mol. The molecule has 2 nitrogen and oxygen atoms in total. The first-order valence-electron chi connectivity index (χ1n) is 5.89. The van der Waals surface area contributed by atoms with Gasteiger partial charge in [0.1, 0.15) is 5.69 Å². The van der Waals surface area contributed by atoms with Crippen LogP contribution in [-0.2, 0) is 0 Å². The van der Waals surface area contributed by atoms with Crippen LogP contribution in [-0.4, -0.2) is 17.3 Å². The van der Waals surface area contributed by atoms with Crippen molar-refractivity contribution >= 4 is 5.69 Å². The lowest BCUT2D eigenvalue weighted by molar-refractivity contribution is 0.116. The van der Waals surface area contributed by atoms with E-state index in [-0.39, 0.29) is 0 Å². The Labute approximate surface area is 106 Å². The van der Waals surface area contributed by atoms with Crippen molar-refractivity contribution in [3.63, 3.8) is 0 Å². The van der Waals surface area contributed by atoms with Crippen molar-refractivity contribution in [1.82, 2.24) is 0 Å². The third-order valence-electron chi connectivity index (χ3n) is 3.27. The summed E-state index contributed by atoms with van der Waals surface area (Å²) < 4.78 is 65.7. The smallest absolute Gasteiger partial charge is 0.200 e. The van der Waals surface area contributed by atoms with Crippen LogP contribution in [0.4, 0.5) is 27.6 Å². The lowest BCUT2D eigenvalue weighted by Crippen LogP contribution is -2.37. The number of rotatable bonds is 2. The quantitative estimate of drug-likeness (QED) is 0.496. The molecule has 19 heavy (non-hydrogen) atoms. The fourth-order valence-corrected chi connectivity index (χ4v) is 2.20. The first kappa shape index (κ1) is 14.0. The van der Waals surface area contributed by atoms with Gasteiger partial charge in [-0.1, -0.05) is 12.8 Å². The van der Waals surface area contributed by atoms with E-state index in [2.05, 4.69) is 5.32 Å². The Bertz CT molecular complexity index is 464. The van der Waals surface area contributed by atoms with Crippen LogP contribution < -0.4 is 5.32 Å². The second-order valence-electron chi connectivity index (χ2n) is 4.55. The Morgan fingerprint density at radius 2 is 1.26 bits per heavy atom. The zero-order valence-corrected chi connectivity index (χ0v) is 9.82. The highest BCUT2D eigenvalue weighted by Gasteiger charge is 2.30. The Hall–Kier alpha value is -1.37. The molecule has 0 radical (unpaired) electrons. The molecule has 0 bridgehead atoms. The van der Waals surface area contributed by atoms with Crippen molar-refractivity contribution in [3.8, 4) is 0 Å². The Balaban J connectivity index is 2.34. The van der Waals surface area contributed by atoms with Gasteiger partial charge in [0.15, 0.2) is 23.3 Å². The number of aliphatic hydroxyl groups is 1. The van der Waals surface area contributed by atoms with Crippen molar-refractivity contribution in [2.75, 3.05) is 5.32 Å². The van der Waals surface area contributed by atoms with Gasteiger partial charge in [0.2, 0.25) is 5.82 Å². The van der Waals surface area contributed by atoms with Gasteiger partial charge in [0.25, 0.3) is 0 Å². The molecule has 1 aliphatic rings. The predicted molar refractivity (Wildman–Crippen MR) is 58.1 cm³/mol. The fourth-order valence-electron chi connectivity index (χ4n) is 2.20. The summed E-state index contributed by atoms with van der Waals surface area (Å²) in [6.45, 7) is 0. The molecule has 106 valence electrons. The largest absolute Gasteiger partial charge is 0.391 e. The van der Waals surface area contributed by atoms with Crippen LogP contribution in [0.15, 0.2) is 0 Å². The summed E-state index contributed by atoms with van der Waals surface area (Å²) in [6.07, 6.45) is 1.43. The summed E-state index contributed by atoms with van der Waals surface area (Å²) in [7, 11) is 0. The fraction of sp³-hybridized carbons (Fsp3) is 0.500. The highest BCUT2D eigenvalue weighted by atomic mass is 19.2. The van der Waals surface area contributed by atoms with E-state index in [1.54, 1.807) is 0 Å². The average molecular weight is 281 g/mol. The number of nitrogens with one attached hydrogen (secondary N) is 1. The molecule has 1 aromatic carbocycles. The molecule has 0 unspecified atom stereocenters. The van der Waals surface area contributed by atoms with Gasteiger partial charge in [0.05, 0.1) is 12.1 Å². The van der Waals surface area contributed by atoms with Gasteiger partial charge < -0.3 is 10.4 Å². The second kappa shape index (κ2) is 5.32. The Morgan fingerprint density at radius 1 is 0.789 bits per heavy atom. The van der Waals surface area contributed by atoms with E-state index in [0.29, 0.717) is 19.3 Å². The van der Waals surface area contributed by atoms with Crippen LogP contribution in [0.1, 0.15) is 25.7 Å². The lowest BCUT2D eigenvalue weighted by atomic mass is 9.92. The van der Waals surface area contributed by atoms with Crippen LogP contribution in [0.25, 0.3) is 0 Å². The molecule has 0 heterocycles. The van der Waals surface area contributed by atoms with Gasteiger partial charge >= 0.3 is 0 Å². The van der Waals surface area contributed by atoms with E-state index < -0.39 is 46.9 Å². The van der Waals surface area contributed by atoms with Gasteiger partial charge in [0, 0.05) is 0 Å². The molecule has 1 fully saturated rings. The maximum Gasteiger partial charge on any atom is 0.200 e. The number of anilines is 1. The zero-order chi connectivity index (χ0) is 14.2. The van der Waals surface area contributed by atoms with Crippen molar-refractivity contribution in [2.45, 2.75) is 37.8 Å². The average Bonchev–Trinajstić information content (AvgIpc) is 2.41. The third kappa shape index (κ3) is 2.51. The second-order valence-corrected chi connectivity index (χ2v) is 4.55. The SMILES string of the molecule is O[C@H]1CCCC[C@@H]1Nc1c(F)c(F)c(F)c(F)c1F. The molecule has 1 saturated carbocycles. The van der Waals surface area contributed by atoms with Crippen molar-refractivity contribution < 1.29 is 27.1 Å². The molecule has 0 amide bonds. The highest BCUT2D eigenvalue weighted by Crippen LogP contribution is 2.30. The third-order valence-corrected chi connectivity index (χ3v) is 3.27. The molecule has 0 spiro atoms. The minimum atomic E-state index is -2.19. The van der Waals surface area contributed by atoms with Crippen LogP contribution >= 0.6 is 0 Å². The highest BCUT2D eigenvalue weighted by molar-refractivity contribution is 5.48. The zero-order valence-electron chi connectivity index (χ0n) is 9.82. The summed E-state index contributed by atoms with van der Waals surface area (Å²) >= 11 is 0. The van der Waals surface area contributed by atoms with E-state index in [1.807, 2.05) is 0 Å². The minimum absolute atomic E-state index is 0.403. The van der Waals surface area contributed by atoms with E-state index >= 15 is 0 Å². The van der Waals surface area contributed by atoms with Gasteiger partial charge in [-0.2, -0.15) is 0 Å². The van der Waals surface area contributed by atoms with E-state index in [0.717, 1.165) is 6.42 Å². The van der Waals surface area contributed by atoms with Gasteiger partial charge in [-0.3, -0.25) is 0 Å². The maximum absolute atomic E-state index is 13.4. The number of halogens is 5. The summed E-state index contributed by atoms with van der Waals surface area (Å²) in [4.78, 5) is 0. The Kier molecular flexibility index (Phi) is 3.93. The van der Waals surface area contributed by atoms with Crippen molar-refractivity contribution in [1.29, 1.82) is 0 Å². The number of benzene rings is 1. The number of aliphatic hydroxyl groups excluding tert-OH is 1. The predicted octanol–water partition coefficient (Wildman–Crippen LogP) is 3.10. The first-order valence-corrected chi connectivity index (χ1v) is 5.89. The van der Waals surface area contributed by atoms with E-state index in [4.69, 9.17) is 0 Å². The summed E-state index contributed by atoms with van der Waals surface area (Å²) in [5, 5.41) is 11.9. The maximum atomic E-state index is 13.4. The van der Waals surface area contributed by atoms with Crippen LogP contribution in [0.3, 0.4) is 0 Å². The number of hydrogen-bond acceptors (Lipinski definition) is 2. The molecule has 7 heteroatoms. The molecule has 2 rings (SSSR count). The van der Waals surface area contributed by atoms with E-state index in [1.165, 1.54) is 0 Å². The van der Waals surface area contributed by atoms with Crippen LogP contribution in [0, 0.1) is 29.1 Å². The van der Waals surface area contributed by atoms with Gasteiger partial charge in [-0.05, 0) is 12.8 Å². The first-order chi connectivity index (χ1) is 8.93. The van der Waals surface area contributed by atoms with Gasteiger partial charge in [-0.15, -0.1) is 0 Å². The molecule has 0 aliphatic heterocycles. The minimum Gasteiger partial charge on any atom is -0.391 e. The van der Waals surface area contributed by atoms with Gasteiger partial charge in [-0.25, -0.2) is 22.0 Å². The summed E-state index contributed by atoms with van der Waals surface area (Å²) in [6, 6.07) is -0.720. The summed E-state index contributed by atoms with van der Waals surface area (Å²) in [5.41, 5.74) is -1.08.